The summed E-state index contributed by atoms with van der Waals surface area (Å²) >= 11 is 0. The zero-order chi connectivity index (χ0) is 15.9. The Balaban J connectivity index is 2.39. The molecular weight excluding hydrogens is 292 g/mol. The standard InChI is InChI=1S/C14H28N2O4S/c1-12(2)13(6-7-14(17)18)8-9-15-21(19,20)16-10-4-3-5-11-16/h12-13,15H,3-11H2,1-2H3,(H,17,18). The van der Waals surface area contributed by atoms with E-state index >= 15 is 0 Å². The number of carboxylic acid groups (broad SMARTS) is 1. The van der Waals surface area contributed by atoms with Crippen molar-refractivity contribution < 1.29 is 18.3 Å². The first-order chi connectivity index (χ1) is 9.83. The second kappa shape index (κ2) is 8.70. The molecule has 0 amide bonds. The van der Waals surface area contributed by atoms with Crippen LogP contribution in [0.4, 0.5) is 0 Å². The van der Waals surface area contributed by atoms with E-state index in [0.29, 0.717) is 38.4 Å². The highest BCUT2D eigenvalue weighted by atomic mass is 32.2. The summed E-state index contributed by atoms with van der Waals surface area (Å²) in [5.41, 5.74) is 0. The summed E-state index contributed by atoms with van der Waals surface area (Å²) in [5.74, 6) is -0.219. The van der Waals surface area contributed by atoms with Gasteiger partial charge in [0.2, 0.25) is 0 Å². The molecule has 0 aliphatic carbocycles. The number of carbonyl (C=O) groups is 1. The van der Waals surface area contributed by atoms with Crippen LogP contribution in [0.15, 0.2) is 0 Å². The van der Waals surface area contributed by atoms with Gasteiger partial charge in [-0.3, -0.25) is 4.79 Å². The first kappa shape index (κ1) is 18.4. The molecule has 1 rings (SSSR count). The topological polar surface area (TPSA) is 86.7 Å². The predicted molar refractivity (Wildman–Crippen MR) is 82.2 cm³/mol. The molecule has 7 heteroatoms. The Bertz CT molecular complexity index is 417. The number of aliphatic carboxylic acids is 1. The molecule has 21 heavy (non-hydrogen) atoms. The Kier molecular flexibility index (Phi) is 7.62. The molecule has 0 bridgehead atoms. The number of carboxylic acids is 1. The molecule has 1 aliphatic heterocycles. The normalized spacial score (nSPS) is 18.8. The van der Waals surface area contributed by atoms with E-state index < -0.39 is 16.2 Å². The Morgan fingerprint density at radius 3 is 2.33 bits per heavy atom. The average molecular weight is 320 g/mol. The van der Waals surface area contributed by atoms with Gasteiger partial charge in [-0.05, 0) is 37.5 Å². The number of hydrogen-bond acceptors (Lipinski definition) is 3. The maximum atomic E-state index is 12.1. The van der Waals surface area contributed by atoms with Gasteiger partial charge in [0.1, 0.15) is 0 Å². The van der Waals surface area contributed by atoms with Gasteiger partial charge in [0.15, 0.2) is 0 Å². The lowest BCUT2D eigenvalue weighted by molar-refractivity contribution is -0.137. The van der Waals surface area contributed by atoms with Crippen LogP contribution in [0.25, 0.3) is 0 Å². The van der Waals surface area contributed by atoms with Gasteiger partial charge in [-0.25, -0.2) is 4.72 Å². The van der Waals surface area contributed by atoms with Crippen LogP contribution in [0.5, 0.6) is 0 Å². The van der Waals surface area contributed by atoms with Crippen molar-refractivity contribution in [1.82, 2.24) is 9.03 Å². The molecule has 0 aromatic rings. The maximum Gasteiger partial charge on any atom is 0.303 e. The molecule has 124 valence electrons. The number of nitrogens with one attached hydrogen (secondary N) is 1. The molecular formula is C14H28N2O4S. The molecule has 1 aliphatic rings. The number of hydrogen-bond donors (Lipinski definition) is 2. The fourth-order valence-electron chi connectivity index (χ4n) is 2.69. The van der Waals surface area contributed by atoms with Crippen LogP contribution in [0, 0.1) is 11.8 Å². The molecule has 1 fully saturated rings. The highest BCUT2D eigenvalue weighted by molar-refractivity contribution is 7.87. The summed E-state index contributed by atoms with van der Waals surface area (Å²) in [5, 5.41) is 8.75. The smallest absolute Gasteiger partial charge is 0.303 e. The molecule has 1 heterocycles. The molecule has 1 unspecified atom stereocenters. The molecule has 1 atom stereocenters. The third-order valence-corrected chi connectivity index (χ3v) is 5.74. The van der Waals surface area contributed by atoms with E-state index in [1.165, 1.54) is 4.31 Å². The van der Waals surface area contributed by atoms with Crippen molar-refractivity contribution in [2.75, 3.05) is 19.6 Å². The quantitative estimate of drug-likeness (QED) is 0.678. The lowest BCUT2D eigenvalue weighted by Gasteiger charge is -2.26. The van der Waals surface area contributed by atoms with Gasteiger partial charge < -0.3 is 5.11 Å². The van der Waals surface area contributed by atoms with Crippen molar-refractivity contribution in [2.24, 2.45) is 11.8 Å². The van der Waals surface area contributed by atoms with Crippen LogP contribution >= 0.6 is 0 Å². The maximum absolute atomic E-state index is 12.1. The fourth-order valence-corrected chi connectivity index (χ4v) is 3.99. The highest BCUT2D eigenvalue weighted by Gasteiger charge is 2.24. The molecule has 0 radical (unpaired) electrons. The summed E-state index contributed by atoms with van der Waals surface area (Å²) in [6, 6.07) is 0. The summed E-state index contributed by atoms with van der Waals surface area (Å²) in [6.07, 6.45) is 4.36. The minimum absolute atomic E-state index is 0.141. The Hall–Kier alpha value is -0.660. The first-order valence-corrected chi connectivity index (χ1v) is 9.23. The Morgan fingerprint density at radius 1 is 1.19 bits per heavy atom. The van der Waals surface area contributed by atoms with Crippen molar-refractivity contribution in [3.05, 3.63) is 0 Å². The van der Waals surface area contributed by atoms with Crippen LogP contribution in [-0.2, 0) is 15.0 Å². The molecule has 6 nitrogen and oxygen atoms in total. The van der Waals surface area contributed by atoms with Crippen molar-refractivity contribution in [1.29, 1.82) is 0 Å². The second-order valence-electron chi connectivity index (χ2n) is 6.08. The monoisotopic (exact) mass is 320 g/mol. The molecule has 0 saturated carbocycles. The van der Waals surface area contributed by atoms with E-state index in [-0.39, 0.29) is 12.3 Å². The van der Waals surface area contributed by atoms with Crippen LogP contribution in [0.2, 0.25) is 0 Å². The zero-order valence-corrected chi connectivity index (χ0v) is 13.9. The lowest BCUT2D eigenvalue weighted by atomic mass is 9.88. The molecule has 0 spiro atoms. The molecule has 0 aromatic heterocycles. The highest BCUT2D eigenvalue weighted by Crippen LogP contribution is 2.21. The van der Waals surface area contributed by atoms with Gasteiger partial charge in [-0.1, -0.05) is 20.3 Å². The van der Waals surface area contributed by atoms with Gasteiger partial charge in [0, 0.05) is 26.1 Å². The summed E-state index contributed by atoms with van der Waals surface area (Å²) in [6.45, 7) is 5.67. The average Bonchev–Trinajstić information content (AvgIpc) is 2.42. The third-order valence-electron chi connectivity index (χ3n) is 4.13. The van der Waals surface area contributed by atoms with Crippen LogP contribution in [-0.4, -0.2) is 43.4 Å². The number of piperidine rings is 1. The minimum atomic E-state index is -3.37. The molecule has 0 aromatic carbocycles. The SMILES string of the molecule is CC(C)C(CCNS(=O)(=O)N1CCCCC1)CCC(=O)O. The van der Waals surface area contributed by atoms with Crippen molar-refractivity contribution in [2.45, 2.75) is 52.4 Å². The van der Waals surface area contributed by atoms with Crippen molar-refractivity contribution >= 4 is 16.2 Å². The molecule has 1 saturated heterocycles. The van der Waals surface area contributed by atoms with Gasteiger partial charge >= 0.3 is 5.97 Å². The van der Waals surface area contributed by atoms with Gasteiger partial charge in [0.25, 0.3) is 10.2 Å². The predicted octanol–water partition coefficient (Wildman–Crippen LogP) is 1.83. The summed E-state index contributed by atoms with van der Waals surface area (Å²) in [4.78, 5) is 10.6. The molecule has 2 N–H and O–H groups in total. The third kappa shape index (κ3) is 6.76. The largest absolute Gasteiger partial charge is 0.481 e. The number of rotatable bonds is 9. The number of nitrogens with zero attached hydrogens (tertiary/aromatic N) is 1. The van der Waals surface area contributed by atoms with Gasteiger partial charge in [0.05, 0.1) is 0 Å². The van der Waals surface area contributed by atoms with E-state index in [0.717, 1.165) is 19.3 Å². The summed E-state index contributed by atoms with van der Waals surface area (Å²) in [7, 11) is -3.37. The van der Waals surface area contributed by atoms with Crippen LogP contribution < -0.4 is 4.72 Å². The van der Waals surface area contributed by atoms with Gasteiger partial charge in [-0.2, -0.15) is 12.7 Å². The summed E-state index contributed by atoms with van der Waals surface area (Å²) < 4.78 is 28.4. The van der Waals surface area contributed by atoms with Crippen LogP contribution in [0.3, 0.4) is 0 Å². The lowest BCUT2D eigenvalue weighted by Crippen LogP contribution is -2.44. The van der Waals surface area contributed by atoms with Crippen molar-refractivity contribution in [3.63, 3.8) is 0 Å². The zero-order valence-electron chi connectivity index (χ0n) is 13.0. The van der Waals surface area contributed by atoms with Crippen LogP contribution in [0.1, 0.15) is 52.4 Å². The Labute approximate surface area is 128 Å². The van der Waals surface area contributed by atoms with E-state index in [9.17, 15) is 13.2 Å². The first-order valence-electron chi connectivity index (χ1n) is 7.79. The minimum Gasteiger partial charge on any atom is -0.481 e. The van der Waals surface area contributed by atoms with Gasteiger partial charge in [-0.15, -0.1) is 0 Å². The van der Waals surface area contributed by atoms with Crippen molar-refractivity contribution in [3.8, 4) is 0 Å². The Morgan fingerprint density at radius 2 is 1.81 bits per heavy atom. The van der Waals surface area contributed by atoms with E-state index in [1.54, 1.807) is 0 Å². The van der Waals surface area contributed by atoms with E-state index in [2.05, 4.69) is 4.72 Å². The van der Waals surface area contributed by atoms with E-state index in [4.69, 9.17) is 5.11 Å². The van der Waals surface area contributed by atoms with E-state index in [1.807, 2.05) is 13.8 Å². The fraction of sp³-hybridized carbons (Fsp3) is 0.929. The second-order valence-corrected chi connectivity index (χ2v) is 7.84.